The number of rotatable bonds is 3. The first-order valence-corrected chi connectivity index (χ1v) is 6.69. The summed E-state index contributed by atoms with van der Waals surface area (Å²) in [5.41, 5.74) is 3.77. The van der Waals surface area contributed by atoms with Crippen LogP contribution in [-0.4, -0.2) is 22.4 Å². The molecule has 0 saturated carbocycles. The van der Waals surface area contributed by atoms with Crippen LogP contribution < -0.4 is 16.3 Å². The SMILES string of the molecule is CC(C)NC(=S)N/N=C/c1cc2ccccc2[nH]c1=O. The molecule has 0 spiro atoms. The van der Waals surface area contributed by atoms with Gasteiger partial charge in [-0.15, -0.1) is 0 Å². The minimum absolute atomic E-state index is 0.183. The van der Waals surface area contributed by atoms with Crippen LogP contribution in [0.2, 0.25) is 0 Å². The van der Waals surface area contributed by atoms with E-state index >= 15 is 0 Å². The lowest BCUT2D eigenvalue weighted by Crippen LogP contribution is -2.36. The Kier molecular flexibility index (Phi) is 4.47. The van der Waals surface area contributed by atoms with Crippen LogP contribution in [0.3, 0.4) is 0 Å². The van der Waals surface area contributed by atoms with Gasteiger partial charge >= 0.3 is 0 Å². The van der Waals surface area contributed by atoms with E-state index in [0.29, 0.717) is 10.7 Å². The van der Waals surface area contributed by atoms with Crippen molar-refractivity contribution in [2.24, 2.45) is 5.10 Å². The number of thiocarbonyl (C=S) groups is 1. The summed E-state index contributed by atoms with van der Waals surface area (Å²) in [6.07, 6.45) is 1.46. The highest BCUT2D eigenvalue weighted by atomic mass is 32.1. The van der Waals surface area contributed by atoms with Crippen LogP contribution in [0.15, 0.2) is 40.2 Å². The fourth-order valence-corrected chi connectivity index (χ4v) is 2.00. The quantitative estimate of drug-likeness (QED) is 0.457. The third kappa shape index (κ3) is 3.64. The molecule has 5 nitrogen and oxygen atoms in total. The van der Waals surface area contributed by atoms with Crippen molar-refractivity contribution in [3.63, 3.8) is 0 Å². The molecule has 1 aromatic carbocycles. The fraction of sp³-hybridized carbons (Fsp3) is 0.214. The van der Waals surface area contributed by atoms with Crippen molar-refractivity contribution in [1.29, 1.82) is 0 Å². The van der Waals surface area contributed by atoms with E-state index in [4.69, 9.17) is 12.2 Å². The van der Waals surface area contributed by atoms with Crippen molar-refractivity contribution < 1.29 is 0 Å². The van der Waals surface area contributed by atoms with Gasteiger partial charge in [0.25, 0.3) is 5.56 Å². The van der Waals surface area contributed by atoms with Crippen LogP contribution in [0.4, 0.5) is 0 Å². The minimum Gasteiger partial charge on any atom is -0.359 e. The Hall–Kier alpha value is -2.21. The first kappa shape index (κ1) is 14.2. The summed E-state index contributed by atoms with van der Waals surface area (Å²) >= 11 is 5.03. The van der Waals surface area contributed by atoms with Gasteiger partial charge in [-0.05, 0) is 43.6 Å². The van der Waals surface area contributed by atoms with E-state index in [1.54, 1.807) is 6.07 Å². The van der Waals surface area contributed by atoms with Crippen LogP contribution in [0.5, 0.6) is 0 Å². The second-order valence-electron chi connectivity index (χ2n) is 4.64. The van der Waals surface area contributed by atoms with Gasteiger partial charge in [0.05, 0.1) is 11.8 Å². The molecule has 1 aromatic heterocycles. The first-order valence-electron chi connectivity index (χ1n) is 6.28. The zero-order valence-corrected chi connectivity index (χ0v) is 12.1. The molecule has 2 rings (SSSR count). The summed E-state index contributed by atoms with van der Waals surface area (Å²) in [7, 11) is 0. The highest BCUT2D eigenvalue weighted by molar-refractivity contribution is 7.80. The van der Waals surface area contributed by atoms with Crippen molar-refractivity contribution in [2.45, 2.75) is 19.9 Å². The molecule has 3 N–H and O–H groups in total. The van der Waals surface area contributed by atoms with Gasteiger partial charge in [0.1, 0.15) is 0 Å². The summed E-state index contributed by atoms with van der Waals surface area (Å²) in [6, 6.07) is 9.61. The maximum Gasteiger partial charge on any atom is 0.257 e. The Morgan fingerprint density at radius 2 is 2.15 bits per heavy atom. The molecular weight excluding hydrogens is 272 g/mol. The highest BCUT2D eigenvalue weighted by Crippen LogP contribution is 2.08. The van der Waals surface area contributed by atoms with Crippen LogP contribution in [0.1, 0.15) is 19.4 Å². The van der Waals surface area contributed by atoms with Crippen LogP contribution in [0, 0.1) is 0 Å². The topological polar surface area (TPSA) is 69.3 Å². The number of nitrogens with zero attached hydrogens (tertiary/aromatic N) is 1. The van der Waals surface area contributed by atoms with Gasteiger partial charge in [-0.25, -0.2) is 0 Å². The molecule has 0 saturated heterocycles. The van der Waals surface area contributed by atoms with Crippen molar-refractivity contribution in [3.05, 3.63) is 46.2 Å². The maximum atomic E-state index is 11.9. The van der Waals surface area contributed by atoms with E-state index in [-0.39, 0.29) is 11.6 Å². The number of nitrogens with one attached hydrogen (secondary N) is 3. The number of H-pyrrole nitrogens is 1. The summed E-state index contributed by atoms with van der Waals surface area (Å²) in [5.74, 6) is 0. The van der Waals surface area contributed by atoms with E-state index in [9.17, 15) is 4.79 Å². The lowest BCUT2D eigenvalue weighted by molar-refractivity contribution is 0.720. The monoisotopic (exact) mass is 288 g/mol. The molecule has 0 radical (unpaired) electrons. The molecular formula is C14H16N4OS. The molecule has 104 valence electrons. The van der Waals surface area contributed by atoms with E-state index in [0.717, 1.165) is 10.9 Å². The molecule has 0 aliphatic carbocycles. The van der Waals surface area contributed by atoms with Gasteiger partial charge in [-0.3, -0.25) is 10.2 Å². The Bertz CT molecular complexity index is 706. The van der Waals surface area contributed by atoms with Crippen molar-refractivity contribution in [2.75, 3.05) is 0 Å². The minimum atomic E-state index is -0.183. The molecule has 0 aliphatic heterocycles. The number of fused-ring (bicyclic) bond motifs is 1. The van der Waals surface area contributed by atoms with E-state index < -0.39 is 0 Å². The third-order valence-corrected chi connectivity index (χ3v) is 2.78. The molecule has 0 bridgehead atoms. The van der Waals surface area contributed by atoms with Gasteiger partial charge in [0.2, 0.25) is 0 Å². The molecule has 6 heteroatoms. The average Bonchev–Trinajstić information content (AvgIpc) is 2.38. The summed E-state index contributed by atoms with van der Waals surface area (Å²) in [5, 5.41) is 8.34. The Labute approximate surface area is 122 Å². The summed E-state index contributed by atoms with van der Waals surface area (Å²) < 4.78 is 0. The largest absolute Gasteiger partial charge is 0.359 e. The number of hydrogen-bond donors (Lipinski definition) is 3. The number of aromatic nitrogens is 1. The highest BCUT2D eigenvalue weighted by Gasteiger charge is 2.00. The second kappa shape index (κ2) is 6.29. The molecule has 0 unspecified atom stereocenters. The Morgan fingerprint density at radius 1 is 1.40 bits per heavy atom. The Morgan fingerprint density at radius 3 is 2.90 bits per heavy atom. The molecule has 0 fully saturated rings. The van der Waals surface area contributed by atoms with Gasteiger partial charge in [-0.1, -0.05) is 18.2 Å². The van der Waals surface area contributed by atoms with Gasteiger partial charge in [-0.2, -0.15) is 5.10 Å². The third-order valence-electron chi connectivity index (χ3n) is 2.57. The number of pyridine rings is 1. The zero-order valence-electron chi connectivity index (χ0n) is 11.3. The van der Waals surface area contributed by atoms with E-state index in [1.165, 1.54) is 6.21 Å². The molecule has 0 amide bonds. The molecule has 2 aromatic rings. The number of para-hydroxylation sites is 1. The molecule has 0 atom stereocenters. The van der Waals surface area contributed by atoms with Crippen LogP contribution in [0.25, 0.3) is 10.9 Å². The normalized spacial score (nSPS) is 11.2. The smallest absolute Gasteiger partial charge is 0.257 e. The van der Waals surface area contributed by atoms with Gasteiger partial charge in [0, 0.05) is 11.6 Å². The first-order chi connectivity index (χ1) is 9.56. The summed E-state index contributed by atoms with van der Waals surface area (Å²) in [6.45, 7) is 3.96. The van der Waals surface area contributed by atoms with Crippen molar-refractivity contribution in [1.82, 2.24) is 15.7 Å². The lowest BCUT2D eigenvalue weighted by atomic mass is 10.2. The van der Waals surface area contributed by atoms with Crippen LogP contribution in [-0.2, 0) is 0 Å². The zero-order chi connectivity index (χ0) is 14.5. The fourth-order valence-electron chi connectivity index (χ4n) is 1.72. The standard InChI is InChI=1S/C14H16N4OS/c1-9(2)16-14(20)18-15-8-11-7-10-5-3-4-6-12(10)17-13(11)19/h3-9H,1-2H3,(H,17,19)(H2,16,18,20)/b15-8+. The lowest BCUT2D eigenvalue weighted by Gasteiger charge is -2.09. The van der Waals surface area contributed by atoms with E-state index in [2.05, 4.69) is 20.8 Å². The number of hydrazone groups is 1. The molecule has 0 aliphatic rings. The van der Waals surface area contributed by atoms with Crippen molar-refractivity contribution in [3.8, 4) is 0 Å². The Balaban J connectivity index is 2.15. The second-order valence-corrected chi connectivity index (χ2v) is 5.05. The maximum absolute atomic E-state index is 11.9. The number of aromatic amines is 1. The molecule has 1 heterocycles. The number of benzene rings is 1. The predicted octanol–water partition coefficient (Wildman–Crippen LogP) is 1.73. The van der Waals surface area contributed by atoms with Crippen LogP contribution >= 0.6 is 12.2 Å². The summed E-state index contributed by atoms with van der Waals surface area (Å²) in [4.78, 5) is 14.7. The van der Waals surface area contributed by atoms with Gasteiger partial charge in [0.15, 0.2) is 5.11 Å². The van der Waals surface area contributed by atoms with E-state index in [1.807, 2.05) is 38.1 Å². The molecule has 20 heavy (non-hydrogen) atoms. The average molecular weight is 288 g/mol. The number of hydrogen-bond acceptors (Lipinski definition) is 3. The van der Waals surface area contributed by atoms with Crippen molar-refractivity contribution >= 4 is 34.4 Å². The predicted molar refractivity (Wildman–Crippen MR) is 86.2 cm³/mol. The van der Waals surface area contributed by atoms with Gasteiger partial charge < -0.3 is 10.3 Å².